The summed E-state index contributed by atoms with van der Waals surface area (Å²) in [7, 11) is -3.71. The molecule has 4 heterocycles. The Bertz CT molecular complexity index is 732. The van der Waals surface area contributed by atoms with Gasteiger partial charge in [-0.25, -0.2) is 4.39 Å². The SMILES string of the molecule is O=S(=O)(N1CCOCC1)N1CCC(F)(c2nc(C3CCOCC3)no2)C1. The summed E-state index contributed by atoms with van der Waals surface area (Å²) in [6, 6.07) is 0. The van der Waals surface area contributed by atoms with Gasteiger partial charge in [0.05, 0.1) is 19.8 Å². The number of morpholine rings is 1. The lowest BCUT2D eigenvalue weighted by molar-refractivity contribution is 0.0697. The molecule has 3 aliphatic heterocycles. The summed E-state index contributed by atoms with van der Waals surface area (Å²) in [5.41, 5.74) is -1.95. The van der Waals surface area contributed by atoms with Crippen LogP contribution >= 0.6 is 0 Å². The molecule has 0 N–H and O–H groups in total. The van der Waals surface area contributed by atoms with E-state index >= 15 is 4.39 Å². The normalized spacial score (nSPS) is 30.0. The number of hydrogen-bond donors (Lipinski definition) is 0. The zero-order valence-electron chi connectivity index (χ0n) is 14.5. The van der Waals surface area contributed by atoms with Crippen molar-refractivity contribution >= 4 is 10.2 Å². The van der Waals surface area contributed by atoms with E-state index in [1.807, 2.05) is 0 Å². The molecule has 3 saturated heterocycles. The van der Waals surface area contributed by atoms with Crippen LogP contribution in [0.1, 0.15) is 36.9 Å². The third-order valence-electron chi connectivity index (χ3n) is 5.22. The Morgan fingerprint density at radius 3 is 2.46 bits per heavy atom. The smallest absolute Gasteiger partial charge is 0.282 e. The van der Waals surface area contributed by atoms with E-state index in [1.165, 1.54) is 4.31 Å². The minimum atomic E-state index is -3.71. The Balaban J connectivity index is 1.47. The Hall–Kier alpha value is -1.14. The molecule has 0 spiro atoms. The van der Waals surface area contributed by atoms with Crippen molar-refractivity contribution in [2.45, 2.75) is 30.8 Å². The van der Waals surface area contributed by atoms with E-state index in [4.69, 9.17) is 14.0 Å². The van der Waals surface area contributed by atoms with Crippen LogP contribution in [0, 0.1) is 0 Å². The molecule has 0 aromatic carbocycles. The molecule has 1 unspecified atom stereocenters. The summed E-state index contributed by atoms with van der Waals surface area (Å²) in [4.78, 5) is 4.25. The van der Waals surface area contributed by atoms with Crippen molar-refractivity contribution in [1.82, 2.24) is 18.8 Å². The topological polar surface area (TPSA) is 98.0 Å². The van der Waals surface area contributed by atoms with Crippen molar-refractivity contribution in [1.29, 1.82) is 0 Å². The molecule has 0 aliphatic carbocycles. The van der Waals surface area contributed by atoms with Crippen LogP contribution < -0.4 is 0 Å². The number of rotatable bonds is 4. The number of ether oxygens (including phenoxy) is 2. The van der Waals surface area contributed by atoms with E-state index in [-0.39, 0.29) is 44.4 Å². The van der Waals surface area contributed by atoms with Crippen LogP contribution in [0.25, 0.3) is 0 Å². The first-order valence-corrected chi connectivity index (χ1v) is 10.3. The molecule has 9 nitrogen and oxygen atoms in total. The second-order valence-electron chi connectivity index (χ2n) is 6.91. The molecule has 0 radical (unpaired) electrons. The molecule has 0 bridgehead atoms. The summed E-state index contributed by atoms with van der Waals surface area (Å²) in [6.45, 7) is 2.31. The highest BCUT2D eigenvalue weighted by Crippen LogP contribution is 2.38. The van der Waals surface area contributed by atoms with Crippen LogP contribution in [-0.2, 0) is 25.4 Å². The lowest BCUT2D eigenvalue weighted by atomic mass is 9.99. The molecule has 1 aromatic heterocycles. The quantitative estimate of drug-likeness (QED) is 0.734. The molecular formula is C15H23FN4O5S. The van der Waals surface area contributed by atoms with Crippen LogP contribution in [-0.4, -0.2) is 79.8 Å². The molecule has 3 aliphatic rings. The molecule has 1 atom stereocenters. The van der Waals surface area contributed by atoms with E-state index in [1.54, 1.807) is 0 Å². The fraction of sp³-hybridized carbons (Fsp3) is 0.867. The van der Waals surface area contributed by atoms with Gasteiger partial charge in [-0.15, -0.1) is 0 Å². The predicted molar refractivity (Wildman–Crippen MR) is 87.4 cm³/mol. The first kappa shape index (κ1) is 18.2. The van der Waals surface area contributed by atoms with Crippen molar-refractivity contribution < 1.29 is 26.8 Å². The minimum absolute atomic E-state index is 0.00593. The van der Waals surface area contributed by atoms with E-state index < -0.39 is 15.9 Å². The third kappa shape index (κ3) is 3.38. The second-order valence-corrected chi connectivity index (χ2v) is 8.84. The van der Waals surface area contributed by atoms with E-state index in [0.29, 0.717) is 32.3 Å². The van der Waals surface area contributed by atoms with Crippen molar-refractivity contribution in [2.75, 3.05) is 52.6 Å². The van der Waals surface area contributed by atoms with Gasteiger partial charge in [-0.3, -0.25) is 0 Å². The number of nitrogens with zero attached hydrogens (tertiary/aromatic N) is 4. The summed E-state index contributed by atoms with van der Waals surface area (Å²) >= 11 is 0. The second kappa shape index (κ2) is 7.12. The average molecular weight is 390 g/mol. The standard InChI is InChI=1S/C15H23FN4O5S/c16-15(14-17-13(18-25-14)12-1-7-23-8-2-12)3-4-20(11-15)26(21,22)19-5-9-24-10-6-19/h12H,1-11H2. The van der Waals surface area contributed by atoms with Gasteiger partial charge in [-0.1, -0.05) is 5.16 Å². The molecule has 4 rings (SSSR count). The first-order chi connectivity index (χ1) is 12.5. The first-order valence-electron chi connectivity index (χ1n) is 8.93. The molecule has 3 fully saturated rings. The highest BCUT2D eigenvalue weighted by Gasteiger charge is 2.50. The van der Waals surface area contributed by atoms with Gasteiger partial charge in [0.15, 0.2) is 5.82 Å². The lowest BCUT2D eigenvalue weighted by Gasteiger charge is -2.30. The van der Waals surface area contributed by atoms with E-state index in [9.17, 15) is 8.42 Å². The molecule has 0 saturated carbocycles. The van der Waals surface area contributed by atoms with Crippen LogP contribution in [0.15, 0.2) is 4.52 Å². The lowest BCUT2D eigenvalue weighted by Crippen LogP contribution is -2.48. The number of halogens is 1. The Labute approximate surface area is 151 Å². The summed E-state index contributed by atoms with van der Waals surface area (Å²) in [6.07, 6.45) is 1.55. The predicted octanol–water partition coefficient (Wildman–Crippen LogP) is 0.411. The van der Waals surface area contributed by atoms with Crippen LogP contribution in [0.5, 0.6) is 0 Å². The van der Waals surface area contributed by atoms with E-state index in [2.05, 4.69) is 10.1 Å². The van der Waals surface area contributed by atoms with Gasteiger partial charge in [-0.2, -0.15) is 22.0 Å². The van der Waals surface area contributed by atoms with Crippen LogP contribution in [0.2, 0.25) is 0 Å². The summed E-state index contributed by atoms with van der Waals surface area (Å²) < 4.78 is 59.0. The fourth-order valence-electron chi connectivity index (χ4n) is 3.59. The van der Waals surface area contributed by atoms with Gasteiger partial charge in [0.25, 0.3) is 16.1 Å². The van der Waals surface area contributed by atoms with Crippen LogP contribution in [0.4, 0.5) is 4.39 Å². The Morgan fingerprint density at radius 2 is 1.73 bits per heavy atom. The maximum absolute atomic E-state index is 15.4. The van der Waals surface area contributed by atoms with Crippen LogP contribution in [0.3, 0.4) is 0 Å². The Kier molecular flexibility index (Phi) is 4.99. The van der Waals surface area contributed by atoms with Crippen molar-refractivity contribution in [3.8, 4) is 0 Å². The van der Waals surface area contributed by atoms with Gasteiger partial charge < -0.3 is 14.0 Å². The van der Waals surface area contributed by atoms with E-state index in [0.717, 1.165) is 17.1 Å². The minimum Gasteiger partial charge on any atom is -0.381 e. The monoisotopic (exact) mass is 390 g/mol. The highest BCUT2D eigenvalue weighted by molar-refractivity contribution is 7.86. The van der Waals surface area contributed by atoms with Crippen molar-refractivity contribution in [2.24, 2.45) is 0 Å². The number of aromatic nitrogens is 2. The number of hydrogen-bond acceptors (Lipinski definition) is 7. The third-order valence-corrected chi connectivity index (χ3v) is 7.20. The fourth-order valence-corrected chi connectivity index (χ4v) is 5.22. The van der Waals surface area contributed by atoms with Gasteiger partial charge in [0.2, 0.25) is 5.67 Å². The average Bonchev–Trinajstić information content (AvgIpc) is 3.32. The molecule has 1 aromatic rings. The zero-order chi connectivity index (χ0) is 18.2. The largest absolute Gasteiger partial charge is 0.381 e. The summed E-state index contributed by atoms with van der Waals surface area (Å²) in [5, 5.41) is 3.93. The maximum Gasteiger partial charge on any atom is 0.282 e. The van der Waals surface area contributed by atoms with Gasteiger partial charge in [-0.05, 0) is 12.8 Å². The Morgan fingerprint density at radius 1 is 1.04 bits per heavy atom. The van der Waals surface area contributed by atoms with Gasteiger partial charge >= 0.3 is 0 Å². The molecule has 146 valence electrons. The number of alkyl halides is 1. The molecular weight excluding hydrogens is 367 g/mol. The van der Waals surface area contributed by atoms with Crippen molar-refractivity contribution in [3.63, 3.8) is 0 Å². The van der Waals surface area contributed by atoms with Crippen molar-refractivity contribution in [3.05, 3.63) is 11.7 Å². The highest BCUT2D eigenvalue weighted by atomic mass is 32.2. The van der Waals surface area contributed by atoms with Gasteiger partial charge in [0.1, 0.15) is 0 Å². The van der Waals surface area contributed by atoms with Gasteiger partial charge in [0, 0.05) is 45.2 Å². The summed E-state index contributed by atoms with van der Waals surface area (Å²) in [5.74, 6) is 0.452. The maximum atomic E-state index is 15.4. The zero-order valence-corrected chi connectivity index (χ0v) is 15.3. The molecule has 0 amide bonds. The molecule has 11 heteroatoms. The molecule has 26 heavy (non-hydrogen) atoms.